The normalized spacial score (nSPS) is 17.6. The molecule has 3 N–H and O–H groups in total. The topological polar surface area (TPSA) is 82.0 Å². The Kier molecular flexibility index (Phi) is 9.57. The van der Waals surface area contributed by atoms with Crippen molar-refractivity contribution in [2.24, 2.45) is 0 Å². The number of rotatable bonds is 8. The van der Waals surface area contributed by atoms with Crippen LogP contribution in [0.2, 0.25) is 5.02 Å². The molecule has 6 nitrogen and oxygen atoms in total. The summed E-state index contributed by atoms with van der Waals surface area (Å²) in [7, 11) is 0. The number of aliphatic hydroxyl groups is 1. The Balaban J connectivity index is 0.00000320. The van der Waals surface area contributed by atoms with Crippen LogP contribution in [0.1, 0.15) is 52.4 Å². The van der Waals surface area contributed by atoms with Crippen molar-refractivity contribution >= 4 is 52.8 Å². The Morgan fingerprint density at radius 2 is 1.81 bits per heavy atom. The molecule has 8 heteroatoms. The van der Waals surface area contributed by atoms with Gasteiger partial charge in [-0.05, 0) is 91.3 Å². The minimum absolute atomic E-state index is 0. The summed E-state index contributed by atoms with van der Waals surface area (Å²) in [5.41, 5.74) is 4.34. The van der Waals surface area contributed by atoms with Crippen LogP contribution >= 0.6 is 11.6 Å². The number of carboxylic acid groups (broad SMARTS) is 1. The van der Waals surface area contributed by atoms with Crippen LogP contribution in [-0.4, -0.2) is 71.4 Å². The monoisotopic (exact) mass is 530 g/mol. The SMILES string of the molecule is O=C(O)c1cc(Oc2ccc3c(c2)C[C@@H](NC[C@@H](O)c2cccc(Cl)c2)CC3)ccc1N1CCCC1.[NaH]. The standard InChI is InChI=1S/C29H31ClN2O4.Na.H/c30-22-5-3-4-20(14-22)28(33)18-31-23-8-6-19-7-9-24(16-21(19)15-23)36-25-10-11-27(26(17-25)29(34)35)32-12-1-2-13-32;;/h3-5,7,9-11,14,16-17,23,28,31,33H,1-2,6,8,12-13,15,18H2,(H,34,35);;/t23-,28+;;/m0../s1. The molecule has 0 unspecified atom stereocenters. The number of aryl methyl sites for hydroxylation is 1. The van der Waals surface area contributed by atoms with Gasteiger partial charge in [-0.2, -0.15) is 0 Å². The van der Waals surface area contributed by atoms with Gasteiger partial charge in [0.25, 0.3) is 0 Å². The summed E-state index contributed by atoms with van der Waals surface area (Å²) >= 11 is 6.05. The van der Waals surface area contributed by atoms with Crippen molar-refractivity contribution in [3.8, 4) is 11.5 Å². The molecule has 3 aromatic carbocycles. The van der Waals surface area contributed by atoms with E-state index in [1.807, 2.05) is 36.4 Å². The summed E-state index contributed by atoms with van der Waals surface area (Å²) in [4.78, 5) is 14.0. The third-order valence-corrected chi connectivity index (χ3v) is 7.36. The molecule has 0 bridgehead atoms. The average Bonchev–Trinajstić information content (AvgIpc) is 3.42. The van der Waals surface area contributed by atoms with E-state index in [1.165, 1.54) is 11.1 Å². The van der Waals surface area contributed by atoms with E-state index >= 15 is 0 Å². The molecule has 0 spiro atoms. The molecule has 0 saturated carbocycles. The number of ether oxygens (including phenoxy) is 1. The molecule has 0 radical (unpaired) electrons. The van der Waals surface area contributed by atoms with E-state index in [9.17, 15) is 15.0 Å². The van der Waals surface area contributed by atoms with Crippen molar-refractivity contribution in [2.45, 2.75) is 44.2 Å². The van der Waals surface area contributed by atoms with Crippen LogP contribution in [-0.2, 0) is 12.8 Å². The summed E-state index contributed by atoms with van der Waals surface area (Å²) < 4.78 is 6.10. The number of benzene rings is 3. The molecule has 37 heavy (non-hydrogen) atoms. The first-order valence-corrected chi connectivity index (χ1v) is 12.9. The van der Waals surface area contributed by atoms with Gasteiger partial charge in [-0.25, -0.2) is 4.79 Å². The molecule has 2 atom stereocenters. The first kappa shape index (κ1) is 28.0. The molecule has 3 aromatic rings. The number of hydrogen-bond donors (Lipinski definition) is 3. The van der Waals surface area contributed by atoms with Crippen LogP contribution in [0.4, 0.5) is 5.69 Å². The van der Waals surface area contributed by atoms with Gasteiger partial charge in [0.05, 0.1) is 17.4 Å². The van der Waals surface area contributed by atoms with Crippen LogP contribution in [0.15, 0.2) is 60.7 Å². The number of hydrogen-bond acceptors (Lipinski definition) is 5. The molecule has 1 heterocycles. The van der Waals surface area contributed by atoms with E-state index in [0.717, 1.165) is 56.4 Å². The van der Waals surface area contributed by atoms with E-state index < -0.39 is 12.1 Å². The van der Waals surface area contributed by atoms with Gasteiger partial charge in [-0.1, -0.05) is 29.8 Å². The molecule has 5 rings (SSSR count). The molecule has 1 fully saturated rings. The Morgan fingerprint density at radius 3 is 2.57 bits per heavy atom. The zero-order valence-electron chi connectivity index (χ0n) is 20.1. The van der Waals surface area contributed by atoms with Crippen LogP contribution in [0.5, 0.6) is 11.5 Å². The third kappa shape index (κ3) is 6.88. The van der Waals surface area contributed by atoms with Gasteiger partial charge in [-0.15, -0.1) is 0 Å². The number of fused-ring (bicyclic) bond motifs is 1. The van der Waals surface area contributed by atoms with Gasteiger partial charge in [0, 0.05) is 30.7 Å². The van der Waals surface area contributed by atoms with Gasteiger partial charge in [0.2, 0.25) is 0 Å². The predicted molar refractivity (Wildman–Crippen MR) is 149 cm³/mol. The summed E-state index contributed by atoms with van der Waals surface area (Å²) in [6, 6.07) is 19.0. The molecular formula is C29H32ClN2NaO4. The maximum absolute atomic E-state index is 11.9. The fourth-order valence-corrected chi connectivity index (χ4v) is 5.40. The fourth-order valence-electron chi connectivity index (χ4n) is 5.20. The van der Waals surface area contributed by atoms with Crippen molar-refractivity contribution in [3.63, 3.8) is 0 Å². The number of aliphatic hydroxyl groups excluding tert-OH is 1. The van der Waals surface area contributed by atoms with Crippen molar-refractivity contribution < 1.29 is 19.7 Å². The minimum atomic E-state index is -0.943. The number of carboxylic acids is 1. The van der Waals surface area contributed by atoms with Crippen molar-refractivity contribution in [1.82, 2.24) is 5.32 Å². The predicted octanol–water partition coefficient (Wildman–Crippen LogP) is 4.96. The number of nitrogens with zero attached hydrogens (tertiary/aromatic N) is 1. The summed E-state index contributed by atoms with van der Waals surface area (Å²) in [6.45, 7) is 2.23. The van der Waals surface area contributed by atoms with Crippen LogP contribution < -0.4 is 15.0 Å². The fraction of sp³-hybridized carbons (Fsp3) is 0.345. The zero-order chi connectivity index (χ0) is 25.1. The first-order valence-electron chi connectivity index (χ1n) is 12.5. The summed E-state index contributed by atoms with van der Waals surface area (Å²) in [5.74, 6) is 0.269. The van der Waals surface area contributed by atoms with E-state index in [1.54, 1.807) is 18.2 Å². The van der Waals surface area contributed by atoms with Gasteiger partial charge < -0.3 is 25.2 Å². The molecule has 0 aromatic heterocycles. The number of aromatic carboxylic acids is 1. The maximum atomic E-state index is 11.9. The average molecular weight is 531 g/mol. The van der Waals surface area contributed by atoms with Crippen molar-refractivity contribution in [3.05, 3.63) is 87.9 Å². The van der Waals surface area contributed by atoms with E-state index in [-0.39, 0.29) is 41.2 Å². The molecule has 2 aliphatic rings. The number of halogens is 1. The Hall–Kier alpha value is -2.06. The second-order valence-corrected chi connectivity index (χ2v) is 10.1. The quantitative estimate of drug-likeness (QED) is 0.357. The Bertz CT molecular complexity index is 1250. The molecule has 0 amide bonds. The summed E-state index contributed by atoms with van der Waals surface area (Å²) in [6.07, 6.45) is 4.34. The van der Waals surface area contributed by atoms with E-state index in [0.29, 0.717) is 23.1 Å². The van der Waals surface area contributed by atoms with Crippen molar-refractivity contribution in [1.29, 1.82) is 0 Å². The Labute approximate surface area is 244 Å². The van der Waals surface area contributed by atoms with Crippen LogP contribution in [0.25, 0.3) is 0 Å². The molecule has 1 saturated heterocycles. The van der Waals surface area contributed by atoms with E-state index in [4.69, 9.17) is 16.3 Å². The van der Waals surface area contributed by atoms with Gasteiger partial charge in [0.15, 0.2) is 0 Å². The van der Waals surface area contributed by atoms with Crippen LogP contribution in [0.3, 0.4) is 0 Å². The second kappa shape index (κ2) is 12.7. The molecule has 190 valence electrons. The Morgan fingerprint density at radius 1 is 1.05 bits per heavy atom. The first-order chi connectivity index (χ1) is 17.5. The van der Waals surface area contributed by atoms with Gasteiger partial charge in [-0.3, -0.25) is 0 Å². The van der Waals surface area contributed by atoms with E-state index in [2.05, 4.69) is 16.3 Å². The zero-order valence-corrected chi connectivity index (χ0v) is 20.9. The second-order valence-electron chi connectivity index (χ2n) is 9.63. The number of anilines is 1. The van der Waals surface area contributed by atoms with Crippen LogP contribution in [0, 0.1) is 0 Å². The molecular weight excluding hydrogens is 499 g/mol. The van der Waals surface area contributed by atoms with Gasteiger partial charge >= 0.3 is 35.5 Å². The third-order valence-electron chi connectivity index (χ3n) is 7.12. The molecule has 1 aliphatic heterocycles. The van der Waals surface area contributed by atoms with Gasteiger partial charge in [0.1, 0.15) is 11.5 Å². The van der Waals surface area contributed by atoms with Crippen molar-refractivity contribution in [2.75, 3.05) is 24.5 Å². The molecule has 1 aliphatic carbocycles. The summed E-state index contributed by atoms with van der Waals surface area (Å²) in [5, 5.41) is 24.4. The number of nitrogens with one attached hydrogen (secondary N) is 1. The number of carbonyl (C=O) groups is 1.